The monoisotopic (exact) mass is 511 g/mol. The molecular formula is C24H25F4N3O5. The van der Waals surface area contributed by atoms with Crippen LogP contribution in [0.5, 0.6) is 11.5 Å². The van der Waals surface area contributed by atoms with Crippen molar-refractivity contribution < 1.29 is 41.4 Å². The first kappa shape index (κ1) is 25.4. The van der Waals surface area contributed by atoms with Crippen molar-refractivity contribution in [1.82, 2.24) is 9.80 Å². The Morgan fingerprint density at radius 2 is 1.78 bits per heavy atom. The van der Waals surface area contributed by atoms with Gasteiger partial charge in [-0.15, -0.1) is 0 Å². The van der Waals surface area contributed by atoms with Crippen molar-refractivity contribution in [3.63, 3.8) is 0 Å². The zero-order valence-corrected chi connectivity index (χ0v) is 19.4. The normalized spacial score (nSPS) is 18.7. The quantitative estimate of drug-likeness (QED) is 0.567. The van der Waals surface area contributed by atoms with E-state index in [-0.39, 0.29) is 25.7 Å². The lowest BCUT2D eigenvalue weighted by molar-refractivity contribution is -0.137. The number of rotatable bonds is 6. The second-order valence-electron chi connectivity index (χ2n) is 8.45. The molecule has 3 amide bonds. The summed E-state index contributed by atoms with van der Waals surface area (Å²) < 4.78 is 69.8. The van der Waals surface area contributed by atoms with Gasteiger partial charge >= 0.3 is 18.3 Å². The number of anilines is 1. The Labute approximate surface area is 204 Å². The van der Waals surface area contributed by atoms with E-state index in [1.54, 1.807) is 36.3 Å². The highest BCUT2D eigenvalue weighted by atomic mass is 19.4. The molecule has 8 nitrogen and oxygen atoms in total. The molecule has 2 aliphatic heterocycles. The molecule has 2 aliphatic rings. The van der Waals surface area contributed by atoms with Crippen molar-refractivity contribution in [2.45, 2.75) is 31.2 Å². The van der Waals surface area contributed by atoms with Crippen LogP contribution in [0.25, 0.3) is 0 Å². The highest BCUT2D eigenvalue weighted by molar-refractivity contribution is 5.90. The van der Waals surface area contributed by atoms with Gasteiger partial charge in [0, 0.05) is 19.1 Å². The Hall–Kier alpha value is -3.70. The summed E-state index contributed by atoms with van der Waals surface area (Å²) in [6.45, 7) is 0.849. The largest absolute Gasteiger partial charge is 0.497 e. The van der Waals surface area contributed by atoms with Crippen LogP contribution in [0.15, 0.2) is 42.5 Å². The van der Waals surface area contributed by atoms with Gasteiger partial charge in [0.15, 0.2) is 6.10 Å². The number of hydrogen-bond donors (Lipinski definition) is 1. The third kappa shape index (κ3) is 5.74. The molecule has 2 aromatic rings. The first-order valence-electron chi connectivity index (χ1n) is 11.3. The van der Waals surface area contributed by atoms with Crippen LogP contribution >= 0.6 is 0 Å². The molecule has 2 aromatic carbocycles. The molecule has 2 fully saturated rings. The zero-order valence-electron chi connectivity index (χ0n) is 19.4. The lowest BCUT2D eigenvalue weighted by Gasteiger charge is -2.35. The predicted molar refractivity (Wildman–Crippen MR) is 120 cm³/mol. The molecule has 12 heteroatoms. The number of cyclic esters (lactones) is 1. The number of hydrogen-bond acceptors (Lipinski definition) is 5. The van der Waals surface area contributed by atoms with Gasteiger partial charge in [0.1, 0.15) is 23.9 Å². The molecule has 194 valence electrons. The van der Waals surface area contributed by atoms with Crippen LogP contribution < -0.4 is 14.8 Å². The molecule has 0 saturated carbocycles. The van der Waals surface area contributed by atoms with Crippen molar-refractivity contribution in [1.29, 1.82) is 0 Å². The number of carbonyl (C=O) groups is 2. The van der Waals surface area contributed by atoms with Crippen molar-refractivity contribution in [2.75, 3.05) is 38.7 Å². The average Bonchev–Trinajstić information content (AvgIpc) is 3.24. The second kappa shape index (κ2) is 10.5. The maximum atomic E-state index is 14.1. The second-order valence-corrected chi connectivity index (χ2v) is 8.45. The standard InChI is InChI=1S/C24H25F4N3O5/c1-34-16-5-7-17(8-6-16)35-14-18-13-31(23(33)36-18)15-9-11-30(12-10-15)22(32)29-21-19(24(26,27)28)3-2-4-20(21)25/h2-8,15,18H,9-14H2,1H3,(H,29,32). The van der Waals surface area contributed by atoms with Gasteiger partial charge in [-0.1, -0.05) is 6.07 Å². The molecule has 4 rings (SSSR count). The first-order valence-corrected chi connectivity index (χ1v) is 11.3. The smallest absolute Gasteiger partial charge is 0.418 e. The maximum Gasteiger partial charge on any atom is 0.418 e. The molecule has 0 radical (unpaired) electrons. The molecule has 0 spiro atoms. The Kier molecular flexibility index (Phi) is 7.41. The molecule has 0 aliphatic carbocycles. The number of nitrogens with zero attached hydrogens (tertiary/aromatic N) is 2. The Bertz CT molecular complexity index is 1090. The third-order valence-electron chi connectivity index (χ3n) is 6.14. The number of piperidine rings is 1. The van der Waals surface area contributed by atoms with Gasteiger partial charge in [-0.25, -0.2) is 14.0 Å². The summed E-state index contributed by atoms with van der Waals surface area (Å²) in [5.41, 5.74) is -2.16. The molecule has 2 saturated heterocycles. The Morgan fingerprint density at radius 1 is 1.11 bits per heavy atom. The summed E-state index contributed by atoms with van der Waals surface area (Å²) in [5.74, 6) is 0.125. The number of alkyl halides is 3. The minimum Gasteiger partial charge on any atom is -0.497 e. The van der Waals surface area contributed by atoms with E-state index in [0.717, 1.165) is 12.1 Å². The van der Waals surface area contributed by atoms with Crippen molar-refractivity contribution in [3.8, 4) is 11.5 Å². The topological polar surface area (TPSA) is 80.3 Å². The van der Waals surface area contributed by atoms with E-state index in [9.17, 15) is 27.2 Å². The maximum absolute atomic E-state index is 14.1. The van der Waals surface area contributed by atoms with Crippen molar-refractivity contribution >= 4 is 17.8 Å². The van der Waals surface area contributed by atoms with Crippen molar-refractivity contribution in [2.24, 2.45) is 0 Å². The Balaban J connectivity index is 1.28. The zero-order chi connectivity index (χ0) is 25.9. The van der Waals surface area contributed by atoms with Crippen LogP contribution in [0.1, 0.15) is 18.4 Å². The number of para-hydroxylation sites is 1. The van der Waals surface area contributed by atoms with E-state index in [2.05, 4.69) is 5.32 Å². The number of methoxy groups -OCH3 is 1. The van der Waals surface area contributed by atoms with Crippen LogP contribution in [-0.4, -0.2) is 67.4 Å². The van der Waals surface area contributed by atoms with Crippen LogP contribution in [0.4, 0.5) is 32.8 Å². The van der Waals surface area contributed by atoms with Crippen LogP contribution in [0, 0.1) is 5.82 Å². The van der Waals surface area contributed by atoms with E-state index in [1.165, 1.54) is 4.90 Å². The van der Waals surface area contributed by atoms with E-state index >= 15 is 0 Å². The minimum atomic E-state index is -4.82. The number of nitrogens with one attached hydrogen (secondary N) is 1. The van der Waals surface area contributed by atoms with Gasteiger partial charge in [0.25, 0.3) is 0 Å². The SMILES string of the molecule is COc1ccc(OCC2CN(C3CCN(C(=O)Nc4c(F)cccc4C(F)(F)F)CC3)C(=O)O2)cc1. The van der Waals surface area contributed by atoms with Gasteiger partial charge in [-0.05, 0) is 49.2 Å². The van der Waals surface area contributed by atoms with Gasteiger partial charge < -0.3 is 29.3 Å². The summed E-state index contributed by atoms with van der Waals surface area (Å²) in [6, 6.07) is 8.45. The molecule has 2 heterocycles. The lowest BCUT2D eigenvalue weighted by Crippen LogP contribution is -2.48. The molecular weight excluding hydrogens is 486 g/mol. The number of amides is 3. The summed E-state index contributed by atoms with van der Waals surface area (Å²) in [4.78, 5) is 27.8. The molecule has 36 heavy (non-hydrogen) atoms. The predicted octanol–water partition coefficient (Wildman–Crippen LogP) is 4.75. The summed E-state index contributed by atoms with van der Waals surface area (Å²) >= 11 is 0. The van der Waals surface area contributed by atoms with E-state index in [1.807, 2.05) is 0 Å². The van der Waals surface area contributed by atoms with Gasteiger partial charge in [-0.2, -0.15) is 13.2 Å². The molecule has 1 N–H and O–H groups in total. The number of urea groups is 1. The van der Waals surface area contributed by atoms with E-state index in [0.29, 0.717) is 37.0 Å². The fourth-order valence-electron chi connectivity index (χ4n) is 4.24. The minimum absolute atomic E-state index is 0.167. The van der Waals surface area contributed by atoms with Gasteiger partial charge in [-0.3, -0.25) is 0 Å². The number of ether oxygens (including phenoxy) is 3. The van der Waals surface area contributed by atoms with Crippen LogP contribution in [-0.2, 0) is 10.9 Å². The average molecular weight is 511 g/mol. The van der Waals surface area contributed by atoms with Crippen LogP contribution in [0.2, 0.25) is 0 Å². The molecule has 0 bridgehead atoms. The molecule has 1 unspecified atom stereocenters. The van der Waals surface area contributed by atoms with E-state index in [4.69, 9.17) is 14.2 Å². The lowest BCUT2D eigenvalue weighted by atomic mass is 10.0. The van der Waals surface area contributed by atoms with Gasteiger partial charge in [0.05, 0.1) is 24.9 Å². The Morgan fingerprint density at radius 3 is 2.42 bits per heavy atom. The summed E-state index contributed by atoms with van der Waals surface area (Å²) in [6.07, 6.45) is -4.97. The summed E-state index contributed by atoms with van der Waals surface area (Å²) in [7, 11) is 1.56. The fraction of sp³-hybridized carbons (Fsp3) is 0.417. The van der Waals surface area contributed by atoms with E-state index < -0.39 is 41.5 Å². The number of likely N-dealkylation sites (tertiary alicyclic amines) is 1. The number of halogens is 4. The van der Waals surface area contributed by atoms with Crippen LogP contribution in [0.3, 0.4) is 0 Å². The highest BCUT2D eigenvalue weighted by Gasteiger charge is 2.39. The van der Waals surface area contributed by atoms with Gasteiger partial charge in [0.2, 0.25) is 0 Å². The first-order chi connectivity index (χ1) is 17.2. The molecule has 1 atom stereocenters. The van der Waals surface area contributed by atoms with Crippen molar-refractivity contribution in [3.05, 3.63) is 53.8 Å². The fourth-order valence-corrected chi connectivity index (χ4v) is 4.24. The number of benzene rings is 2. The summed E-state index contributed by atoms with van der Waals surface area (Å²) in [5, 5.41) is 2.06. The number of carbonyl (C=O) groups excluding carboxylic acids is 2. The third-order valence-corrected chi connectivity index (χ3v) is 6.14. The highest BCUT2D eigenvalue weighted by Crippen LogP contribution is 2.36. The molecule has 0 aromatic heterocycles.